The van der Waals surface area contributed by atoms with E-state index < -0.39 is 0 Å². The van der Waals surface area contributed by atoms with Gasteiger partial charge >= 0.3 is 6.09 Å². The summed E-state index contributed by atoms with van der Waals surface area (Å²) < 4.78 is 18.8. The molecule has 0 unspecified atom stereocenters. The maximum absolute atomic E-state index is 13.7. The number of rotatable bonds is 6. The fourth-order valence-corrected chi connectivity index (χ4v) is 3.12. The SMILES string of the molecule is CCOC(=O)N1CCN(c2nc(C)cc(NCCc3ccccc3F)n2)CC1. The molecule has 0 radical (unpaired) electrons. The number of anilines is 2. The van der Waals surface area contributed by atoms with Crippen LogP contribution in [0.4, 0.5) is 21.0 Å². The van der Waals surface area contributed by atoms with Gasteiger partial charge in [-0.2, -0.15) is 4.98 Å². The molecule has 0 atom stereocenters. The van der Waals surface area contributed by atoms with Gasteiger partial charge in [-0.1, -0.05) is 18.2 Å². The van der Waals surface area contributed by atoms with Gasteiger partial charge in [0.2, 0.25) is 5.95 Å². The lowest BCUT2D eigenvalue weighted by molar-refractivity contribution is 0.105. The minimum absolute atomic E-state index is 0.191. The Morgan fingerprint density at radius 1 is 1.21 bits per heavy atom. The first-order valence-electron chi connectivity index (χ1n) is 9.56. The second-order valence-electron chi connectivity index (χ2n) is 6.64. The summed E-state index contributed by atoms with van der Waals surface area (Å²) in [5.41, 5.74) is 1.53. The third-order valence-corrected chi connectivity index (χ3v) is 4.59. The summed E-state index contributed by atoms with van der Waals surface area (Å²) in [5.74, 6) is 1.16. The molecule has 7 nitrogen and oxygen atoms in total. The lowest BCUT2D eigenvalue weighted by Crippen LogP contribution is -2.49. The van der Waals surface area contributed by atoms with Gasteiger partial charge in [0.25, 0.3) is 0 Å². The molecule has 1 aliphatic heterocycles. The number of aryl methyl sites for hydroxylation is 1. The van der Waals surface area contributed by atoms with Crippen LogP contribution < -0.4 is 10.2 Å². The van der Waals surface area contributed by atoms with Crippen LogP contribution in [0.25, 0.3) is 0 Å². The normalized spacial score (nSPS) is 14.1. The van der Waals surface area contributed by atoms with Crippen LogP contribution in [0.15, 0.2) is 30.3 Å². The highest BCUT2D eigenvalue weighted by Gasteiger charge is 2.23. The largest absolute Gasteiger partial charge is 0.450 e. The number of carbonyl (C=O) groups is 1. The van der Waals surface area contributed by atoms with E-state index >= 15 is 0 Å². The summed E-state index contributed by atoms with van der Waals surface area (Å²) in [6, 6.07) is 8.66. The van der Waals surface area contributed by atoms with Crippen molar-refractivity contribution in [1.82, 2.24) is 14.9 Å². The molecule has 28 heavy (non-hydrogen) atoms. The molecule has 150 valence electrons. The lowest BCUT2D eigenvalue weighted by Gasteiger charge is -2.34. The molecule has 2 heterocycles. The summed E-state index contributed by atoms with van der Waals surface area (Å²) in [7, 11) is 0. The maximum atomic E-state index is 13.7. The topological polar surface area (TPSA) is 70.6 Å². The van der Waals surface area contributed by atoms with E-state index in [4.69, 9.17) is 4.74 Å². The fourth-order valence-electron chi connectivity index (χ4n) is 3.12. The molecule has 1 fully saturated rings. The van der Waals surface area contributed by atoms with E-state index in [2.05, 4.69) is 20.2 Å². The predicted molar refractivity (Wildman–Crippen MR) is 106 cm³/mol. The summed E-state index contributed by atoms with van der Waals surface area (Å²) in [4.78, 5) is 24.7. The molecule has 8 heteroatoms. The van der Waals surface area contributed by atoms with Gasteiger partial charge < -0.3 is 19.9 Å². The van der Waals surface area contributed by atoms with E-state index in [0.29, 0.717) is 63.1 Å². The number of amides is 1. The van der Waals surface area contributed by atoms with Gasteiger partial charge in [0.15, 0.2) is 0 Å². The molecule has 2 aromatic rings. The zero-order valence-corrected chi connectivity index (χ0v) is 16.3. The zero-order valence-electron chi connectivity index (χ0n) is 16.3. The first-order valence-corrected chi connectivity index (χ1v) is 9.56. The highest BCUT2D eigenvalue weighted by molar-refractivity contribution is 5.68. The van der Waals surface area contributed by atoms with Gasteiger partial charge in [0, 0.05) is 44.5 Å². The number of nitrogens with one attached hydrogen (secondary N) is 1. The Bertz CT molecular complexity index is 809. The average molecular weight is 387 g/mol. The van der Waals surface area contributed by atoms with Gasteiger partial charge in [0.05, 0.1) is 6.61 Å². The van der Waals surface area contributed by atoms with Crippen molar-refractivity contribution >= 4 is 17.9 Å². The van der Waals surface area contributed by atoms with Crippen LogP contribution in [0.5, 0.6) is 0 Å². The van der Waals surface area contributed by atoms with Crippen molar-refractivity contribution in [3.63, 3.8) is 0 Å². The second-order valence-corrected chi connectivity index (χ2v) is 6.64. The van der Waals surface area contributed by atoms with E-state index in [1.165, 1.54) is 6.07 Å². The van der Waals surface area contributed by atoms with Crippen molar-refractivity contribution in [3.05, 3.63) is 47.4 Å². The third kappa shape index (κ3) is 5.09. The van der Waals surface area contributed by atoms with Crippen molar-refractivity contribution in [2.75, 3.05) is 49.5 Å². The number of carbonyl (C=O) groups excluding carboxylic acids is 1. The van der Waals surface area contributed by atoms with Crippen molar-refractivity contribution < 1.29 is 13.9 Å². The van der Waals surface area contributed by atoms with E-state index in [1.807, 2.05) is 19.1 Å². The quantitative estimate of drug-likeness (QED) is 0.822. The van der Waals surface area contributed by atoms with Crippen molar-refractivity contribution in [1.29, 1.82) is 0 Å². The van der Waals surface area contributed by atoms with E-state index in [1.54, 1.807) is 24.0 Å². The molecule has 0 aliphatic carbocycles. The first kappa shape index (κ1) is 19.9. The molecule has 0 saturated carbocycles. The number of hydrogen-bond donors (Lipinski definition) is 1. The number of benzene rings is 1. The molecule has 1 N–H and O–H groups in total. The standard InChI is InChI=1S/C20H26FN5O2/c1-3-28-20(27)26-12-10-25(11-13-26)19-23-15(2)14-18(24-19)22-9-8-16-6-4-5-7-17(16)21/h4-7,14H,3,8-13H2,1-2H3,(H,22,23,24). The van der Waals surface area contributed by atoms with Crippen molar-refractivity contribution in [3.8, 4) is 0 Å². The Hall–Kier alpha value is -2.90. The molecule has 1 aliphatic rings. The Morgan fingerprint density at radius 2 is 1.96 bits per heavy atom. The number of nitrogens with zero attached hydrogens (tertiary/aromatic N) is 4. The molecule has 1 aromatic carbocycles. The summed E-state index contributed by atoms with van der Waals surface area (Å²) >= 11 is 0. The second kappa shape index (κ2) is 9.34. The Kier molecular flexibility index (Phi) is 6.62. The number of ether oxygens (including phenoxy) is 1. The Balaban J connectivity index is 1.58. The number of halogens is 1. The monoisotopic (exact) mass is 387 g/mol. The number of aromatic nitrogens is 2. The van der Waals surface area contributed by atoms with Crippen molar-refractivity contribution in [2.24, 2.45) is 0 Å². The molecule has 0 bridgehead atoms. The van der Waals surface area contributed by atoms with Crippen LogP contribution >= 0.6 is 0 Å². The third-order valence-electron chi connectivity index (χ3n) is 4.59. The van der Waals surface area contributed by atoms with Gasteiger partial charge in [0.1, 0.15) is 11.6 Å². The Morgan fingerprint density at radius 3 is 2.68 bits per heavy atom. The molecular weight excluding hydrogens is 361 g/mol. The molecule has 0 spiro atoms. The maximum Gasteiger partial charge on any atom is 0.409 e. The summed E-state index contributed by atoms with van der Waals surface area (Å²) in [6.07, 6.45) is 0.298. The molecule has 3 rings (SSSR count). The molecular formula is C20H26FN5O2. The molecule has 1 saturated heterocycles. The minimum Gasteiger partial charge on any atom is -0.450 e. The van der Waals surface area contributed by atoms with Gasteiger partial charge in [-0.05, 0) is 31.9 Å². The van der Waals surface area contributed by atoms with Crippen LogP contribution in [0.3, 0.4) is 0 Å². The van der Waals surface area contributed by atoms with Gasteiger partial charge in [-0.25, -0.2) is 14.2 Å². The summed E-state index contributed by atoms with van der Waals surface area (Å²) in [6.45, 7) is 7.12. The van der Waals surface area contributed by atoms with Crippen LogP contribution in [0, 0.1) is 12.7 Å². The van der Waals surface area contributed by atoms with Crippen LogP contribution in [-0.2, 0) is 11.2 Å². The summed E-state index contributed by atoms with van der Waals surface area (Å²) in [5, 5.41) is 3.26. The van der Waals surface area contributed by atoms with E-state index in [-0.39, 0.29) is 11.9 Å². The van der Waals surface area contributed by atoms with Crippen molar-refractivity contribution in [2.45, 2.75) is 20.3 Å². The van der Waals surface area contributed by atoms with Crippen LogP contribution in [0.2, 0.25) is 0 Å². The number of piperazine rings is 1. The van der Waals surface area contributed by atoms with Gasteiger partial charge in [-0.3, -0.25) is 0 Å². The van der Waals surface area contributed by atoms with Crippen LogP contribution in [-0.4, -0.2) is 60.3 Å². The minimum atomic E-state index is -0.275. The predicted octanol–water partition coefficient (Wildman–Crippen LogP) is 2.86. The van der Waals surface area contributed by atoms with E-state index in [0.717, 1.165) is 5.69 Å². The fraction of sp³-hybridized carbons (Fsp3) is 0.450. The van der Waals surface area contributed by atoms with E-state index in [9.17, 15) is 9.18 Å². The number of hydrogen-bond acceptors (Lipinski definition) is 6. The zero-order chi connectivity index (χ0) is 19.9. The highest BCUT2D eigenvalue weighted by atomic mass is 19.1. The van der Waals surface area contributed by atoms with Gasteiger partial charge in [-0.15, -0.1) is 0 Å². The first-order chi connectivity index (χ1) is 13.6. The smallest absolute Gasteiger partial charge is 0.409 e. The highest BCUT2D eigenvalue weighted by Crippen LogP contribution is 2.16. The van der Waals surface area contributed by atoms with Crippen LogP contribution in [0.1, 0.15) is 18.2 Å². The molecule has 1 amide bonds. The molecule has 1 aromatic heterocycles. The Labute approximate surface area is 164 Å². The lowest BCUT2D eigenvalue weighted by atomic mass is 10.1. The average Bonchev–Trinajstić information content (AvgIpc) is 2.69.